The highest BCUT2D eigenvalue weighted by Crippen LogP contribution is 2.33. The molecule has 3 unspecified atom stereocenters. The minimum absolute atomic E-state index is 0. The van der Waals surface area contributed by atoms with Crippen molar-refractivity contribution >= 4 is 18.3 Å². The topological polar surface area (TPSA) is 55.1 Å². The second-order valence-corrected chi connectivity index (χ2v) is 6.51. The monoisotopic (exact) mass is 316 g/mol. The molecule has 5 heteroatoms. The Morgan fingerprint density at radius 3 is 2.05 bits per heavy atom. The van der Waals surface area contributed by atoms with Gasteiger partial charge in [0.2, 0.25) is 5.91 Å². The second-order valence-electron chi connectivity index (χ2n) is 6.51. The molecule has 1 aromatic rings. The first-order valence-electron chi connectivity index (χ1n) is 6.94. The molecule has 0 aliphatic carbocycles. The van der Waals surface area contributed by atoms with Crippen molar-refractivity contribution in [3.05, 3.63) is 35.6 Å². The minimum atomic E-state index is -0.281. The molecule has 0 heterocycles. The fraction of sp³-hybridized carbons (Fsp3) is 0.562. The van der Waals surface area contributed by atoms with Crippen LogP contribution in [0.3, 0.4) is 0 Å². The van der Waals surface area contributed by atoms with Crippen molar-refractivity contribution < 1.29 is 9.18 Å². The maximum absolute atomic E-state index is 13.0. The number of carbonyl (C=O) groups excluding carboxylic acids is 1. The number of rotatable bonds is 4. The molecule has 0 radical (unpaired) electrons. The molecule has 0 aliphatic heterocycles. The van der Waals surface area contributed by atoms with Gasteiger partial charge in [0.15, 0.2) is 0 Å². The lowest BCUT2D eigenvalue weighted by molar-refractivity contribution is -0.126. The molecule has 1 amide bonds. The lowest BCUT2D eigenvalue weighted by atomic mass is 9.82. The van der Waals surface area contributed by atoms with Crippen molar-refractivity contribution in [1.29, 1.82) is 0 Å². The molecule has 0 saturated carbocycles. The average molecular weight is 317 g/mol. The first kappa shape index (κ1) is 19.9. The van der Waals surface area contributed by atoms with Crippen molar-refractivity contribution in [2.24, 2.45) is 17.1 Å². The van der Waals surface area contributed by atoms with Crippen LogP contribution in [0.5, 0.6) is 0 Å². The molecule has 3 atom stereocenters. The summed E-state index contributed by atoms with van der Waals surface area (Å²) < 4.78 is 13.0. The number of carbonyl (C=O) groups is 1. The number of nitrogens with two attached hydrogens (primary N) is 1. The number of hydrogen-bond acceptors (Lipinski definition) is 2. The normalized spacial score (nSPS) is 15.6. The van der Waals surface area contributed by atoms with E-state index < -0.39 is 0 Å². The smallest absolute Gasteiger partial charge is 0.224 e. The molecule has 0 bridgehead atoms. The molecule has 0 saturated heterocycles. The number of benzene rings is 1. The molecule has 0 aliphatic rings. The number of hydrogen-bond donors (Lipinski definition) is 2. The molecule has 120 valence electrons. The van der Waals surface area contributed by atoms with E-state index in [4.69, 9.17) is 5.73 Å². The van der Waals surface area contributed by atoms with Crippen molar-refractivity contribution in [2.45, 2.75) is 46.7 Å². The first-order chi connectivity index (χ1) is 9.12. The highest BCUT2D eigenvalue weighted by molar-refractivity contribution is 5.85. The van der Waals surface area contributed by atoms with Crippen LogP contribution in [0, 0.1) is 17.2 Å². The molecule has 1 aromatic carbocycles. The third-order valence-electron chi connectivity index (χ3n) is 3.56. The Morgan fingerprint density at radius 2 is 1.67 bits per heavy atom. The Kier molecular flexibility index (Phi) is 7.34. The summed E-state index contributed by atoms with van der Waals surface area (Å²) in [6, 6.07) is 5.86. The minimum Gasteiger partial charge on any atom is -0.348 e. The maximum atomic E-state index is 13.0. The summed E-state index contributed by atoms with van der Waals surface area (Å²) in [6.07, 6.45) is 0. The third kappa shape index (κ3) is 5.64. The van der Waals surface area contributed by atoms with Gasteiger partial charge >= 0.3 is 0 Å². The number of nitrogens with one attached hydrogen (secondary N) is 1. The van der Waals surface area contributed by atoms with Gasteiger partial charge in [-0.3, -0.25) is 4.79 Å². The highest BCUT2D eigenvalue weighted by atomic mass is 35.5. The van der Waals surface area contributed by atoms with E-state index in [9.17, 15) is 9.18 Å². The van der Waals surface area contributed by atoms with E-state index in [0.29, 0.717) is 0 Å². The lowest BCUT2D eigenvalue weighted by Crippen LogP contribution is -2.43. The lowest BCUT2D eigenvalue weighted by Gasteiger charge is -2.33. The molecule has 1 rings (SSSR count). The Balaban J connectivity index is 0.00000400. The number of amides is 1. The molecule has 21 heavy (non-hydrogen) atoms. The van der Waals surface area contributed by atoms with Gasteiger partial charge in [0.1, 0.15) is 5.82 Å². The quantitative estimate of drug-likeness (QED) is 0.894. The van der Waals surface area contributed by atoms with Gasteiger partial charge < -0.3 is 11.1 Å². The molecular formula is C16H26ClFN2O. The van der Waals surface area contributed by atoms with E-state index >= 15 is 0 Å². The Bertz CT molecular complexity index is 454. The SMILES string of the molecule is CC(N)C(C)C(=O)NC(c1ccc(F)cc1)C(C)(C)C.Cl. The first-order valence-corrected chi connectivity index (χ1v) is 6.94. The van der Waals surface area contributed by atoms with Crippen LogP contribution in [-0.4, -0.2) is 11.9 Å². The molecule has 3 N–H and O–H groups in total. The largest absolute Gasteiger partial charge is 0.348 e. The van der Waals surface area contributed by atoms with Crippen LogP contribution in [0.15, 0.2) is 24.3 Å². The van der Waals surface area contributed by atoms with E-state index in [1.165, 1.54) is 12.1 Å². The van der Waals surface area contributed by atoms with Crippen molar-refractivity contribution in [3.8, 4) is 0 Å². The fourth-order valence-electron chi connectivity index (χ4n) is 1.97. The van der Waals surface area contributed by atoms with Crippen LogP contribution >= 0.6 is 12.4 Å². The summed E-state index contributed by atoms with van der Waals surface area (Å²) in [5.41, 5.74) is 6.49. The van der Waals surface area contributed by atoms with Crippen LogP contribution < -0.4 is 11.1 Å². The predicted octanol–water partition coefficient (Wildman–Crippen LogP) is 3.43. The van der Waals surface area contributed by atoms with E-state index in [0.717, 1.165) is 5.56 Å². The van der Waals surface area contributed by atoms with Gasteiger partial charge in [0.05, 0.1) is 6.04 Å². The van der Waals surface area contributed by atoms with Crippen LogP contribution in [0.2, 0.25) is 0 Å². The van der Waals surface area contributed by atoms with Crippen molar-refractivity contribution in [1.82, 2.24) is 5.32 Å². The van der Waals surface area contributed by atoms with Crippen molar-refractivity contribution in [2.75, 3.05) is 0 Å². The summed E-state index contributed by atoms with van der Waals surface area (Å²) in [5.74, 6) is -0.624. The number of halogens is 2. The second kappa shape index (κ2) is 7.76. The molecule has 0 aromatic heterocycles. The van der Waals surface area contributed by atoms with E-state index in [-0.39, 0.29) is 47.5 Å². The summed E-state index contributed by atoms with van der Waals surface area (Å²) in [4.78, 5) is 12.2. The third-order valence-corrected chi connectivity index (χ3v) is 3.56. The van der Waals surface area contributed by atoms with Gasteiger partial charge in [-0.1, -0.05) is 39.8 Å². The molecular weight excluding hydrogens is 291 g/mol. The maximum Gasteiger partial charge on any atom is 0.224 e. The van der Waals surface area contributed by atoms with E-state index in [2.05, 4.69) is 5.32 Å². The van der Waals surface area contributed by atoms with Gasteiger partial charge in [0, 0.05) is 12.0 Å². The Morgan fingerprint density at radius 1 is 1.19 bits per heavy atom. The van der Waals surface area contributed by atoms with Gasteiger partial charge in [0.25, 0.3) is 0 Å². The van der Waals surface area contributed by atoms with Crippen LogP contribution in [0.25, 0.3) is 0 Å². The summed E-state index contributed by atoms with van der Waals surface area (Å²) in [7, 11) is 0. The molecule has 0 spiro atoms. The summed E-state index contributed by atoms with van der Waals surface area (Å²) in [6.45, 7) is 9.74. The zero-order valence-corrected chi connectivity index (χ0v) is 14.1. The van der Waals surface area contributed by atoms with Crippen LogP contribution in [-0.2, 0) is 4.79 Å². The van der Waals surface area contributed by atoms with Gasteiger partial charge in [-0.25, -0.2) is 4.39 Å². The van der Waals surface area contributed by atoms with Crippen LogP contribution in [0.4, 0.5) is 4.39 Å². The van der Waals surface area contributed by atoms with Gasteiger partial charge in [-0.2, -0.15) is 0 Å². The van der Waals surface area contributed by atoms with Crippen LogP contribution in [0.1, 0.15) is 46.2 Å². The van der Waals surface area contributed by atoms with Gasteiger partial charge in [-0.05, 0) is 30.0 Å². The molecule has 3 nitrogen and oxygen atoms in total. The highest BCUT2D eigenvalue weighted by Gasteiger charge is 2.30. The zero-order chi connectivity index (χ0) is 15.5. The summed E-state index contributed by atoms with van der Waals surface area (Å²) >= 11 is 0. The Labute approximate surface area is 132 Å². The standard InChI is InChI=1S/C16H25FN2O.ClH/c1-10(11(2)18)15(20)19-14(16(3,4)5)12-6-8-13(17)9-7-12;/h6-11,14H,18H2,1-5H3,(H,19,20);1H. The Hall–Kier alpha value is -1.13. The predicted molar refractivity (Wildman–Crippen MR) is 86.8 cm³/mol. The van der Waals surface area contributed by atoms with E-state index in [1.807, 2.05) is 34.6 Å². The van der Waals surface area contributed by atoms with E-state index in [1.54, 1.807) is 12.1 Å². The zero-order valence-electron chi connectivity index (χ0n) is 13.3. The fourth-order valence-corrected chi connectivity index (χ4v) is 1.97. The van der Waals surface area contributed by atoms with Gasteiger partial charge in [-0.15, -0.1) is 12.4 Å². The summed E-state index contributed by atoms with van der Waals surface area (Å²) in [5, 5.41) is 3.03. The molecule has 0 fully saturated rings. The average Bonchev–Trinajstić information content (AvgIpc) is 2.34. The van der Waals surface area contributed by atoms with Crippen molar-refractivity contribution in [3.63, 3.8) is 0 Å².